The molecule has 238 valence electrons. The maximum absolute atomic E-state index is 14.3. The van der Waals surface area contributed by atoms with E-state index >= 15 is 0 Å². The van der Waals surface area contributed by atoms with Crippen LogP contribution >= 0.6 is 0 Å². The summed E-state index contributed by atoms with van der Waals surface area (Å²) in [6.45, 7) is 5.23. The number of likely N-dealkylation sites (tertiary alicyclic amines) is 1. The van der Waals surface area contributed by atoms with Gasteiger partial charge in [0.05, 0.1) is 22.9 Å². The number of aromatic nitrogens is 4. The van der Waals surface area contributed by atoms with Gasteiger partial charge in [-0.05, 0) is 49.2 Å². The third kappa shape index (κ3) is 6.65. The van der Waals surface area contributed by atoms with E-state index in [9.17, 15) is 27.2 Å². The summed E-state index contributed by atoms with van der Waals surface area (Å²) >= 11 is 0. The molecule has 6 rings (SSSR count). The minimum absolute atomic E-state index is 0.00292. The molecule has 1 amide bonds. The minimum atomic E-state index is -4.72. The molecule has 10 nitrogen and oxygen atoms in total. The van der Waals surface area contributed by atoms with E-state index < -0.39 is 30.4 Å². The van der Waals surface area contributed by atoms with Gasteiger partial charge in [-0.25, -0.2) is 19.2 Å². The lowest BCUT2D eigenvalue weighted by Crippen LogP contribution is -2.41. The van der Waals surface area contributed by atoms with Gasteiger partial charge in [0.2, 0.25) is 5.91 Å². The van der Waals surface area contributed by atoms with E-state index in [1.807, 2.05) is 18.2 Å². The second kappa shape index (κ2) is 11.8. The number of benzene rings is 2. The second-order valence-electron chi connectivity index (χ2n) is 12.2. The molecular formula is C31H33F4N7O3. The van der Waals surface area contributed by atoms with Crippen LogP contribution in [0.2, 0.25) is 0 Å². The first-order valence-corrected chi connectivity index (χ1v) is 14.7. The Hall–Kier alpha value is -4.46. The summed E-state index contributed by atoms with van der Waals surface area (Å²) in [6.07, 6.45) is -0.0520. The predicted octanol–water partition coefficient (Wildman–Crippen LogP) is 5.23. The normalized spacial score (nSPS) is 18.9. The average molecular weight is 628 g/mol. The molecule has 0 saturated carbocycles. The van der Waals surface area contributed by atoms with Crippen molar-refractivity contribution in [3.8, 4) is 11.5 Å². The molecule has 1 unspecified atom stereocenters. The lowest BCUT2D eigenvalue weighted by atomic mass is 9.86. The van der Waals surface area contributed by atoms with Gasteiger partial charge in [-0.2, -0.15) is 13.2 Å². The Balaban J connectivity index is 1.20. The Kier molecular flexibility index (Phi) is 8.02. The third-order valence-corrected chi connectivity index (χ3v) is 8.43. The van der Waals surface area contributed by atoms with Crippen LogP contribution in [0.1, 0.15) is 32.3 Å². The molecule has 0 bridgehead atoms. The largest absolute Gasteiger partial charge is 0.450 e. The molecule has 2 aliphatic heterocycles. The molecule has 2 aromatic carbocycles. The van der Waals surface area contributed by atoms with Crippen LogP contribution in [0.4, 0.5) is 29.1 Å². The molecule has 14 heteroatoms. The van der Waals surface area contributed by atoms with Crippen LogP contribution in [0, 0.1) is 17.2 Å². The number of alkyl halides is 3. The topological polar surface area (TPSA) is 110 Å². The van der Waals surface area contributed by atoms with Crippen molar-refractivity contribution in [2.45, 2.75) is 39.4 Å². The summed E-state index contributed by atoms with van der Waals surface area (Å²) in [6, 6.07) is 9.04. The van der Waals surface area contributed by atoms with Crippen molar-refractivity contribution in [2.75, 3.05) is 42.5 Å². The lowest BCUT2D eigenvalue weighted by Gasteiger charge is -2.28. The van der Waals surface area contributed by atoms with Crippen LogP contribution in [-0.2, 0) is 11.3 Å². The number of halogens is 4. The molecule has 1 spiro atoms. The Morgan fingerprint density at radius 3 is 2.62 bits per heavy atom. The molecule has 2 saturated heterocycles. The van der Waals surface area contributed by atoms with E-state index in [0.29, 0.717) is 23.8 Å². The van der Waals surface area contributed by atoms with Gasteiger partial charge < -0.3 is 19.6 Å². The molecule has 45 heavy (non-hydrogen) atoms. The smallest absolute Gasteiger partial charge is 0.406 e. The van der Waals surface area contributed by atoms with Crippen molar-refractivity contribution in [1.82, 2.24) is 24.8 Å². The van der Waals surface area contributed by atoms with Crippen molar-refractivity contribution in [2.24, 2.45) is 11.3 Å². The molecule has 2 aliphatic rings. The number of aromatic amines is 2. The first kappa shape index (κ1) is 30.6. The fraction of sp³-hybridized carbons (Fsp3) is 0.419. The molecule has 0 radical (unpaired) electrons. The van der Waals surface area contributed by atoms with Gasteiger partial charge in [0, 0.05) is 43.6 Å². The molecule has 4 aromatic rings. The molecule has 1 atom stereocenters. The van der Waals surface area contributed by atoms with Crippen molar-refractivity contribution < 1.29 is 27.1 Å². The number of imidazole rings is 1. The second-order valence-corrected chi connectivity index (χ2v) is 12.2. The SMILES string of the molecule is CC(C)C(=O)N(CC(F)(F)F)c1cc(F)ccc1Oc1cncnc1N1CCC2(CCN(Cc3ccc4[nH]c(=O)[nH]c4c3)C2)C1. The number of amides is 1. The number of ether oxygens (including phenoxy) is 1. The number of nitrogens with zero attached hydrogens (tertiary/aromatic N) is 5. The number of carbonyl (C=O) groups is 1. The summed E-state index contributed by atoms with van der Waals surface area (Å²) in [5.41, 5.74) is 2.08. The highest BCUT2D eigenvalue weighted by molar-refractivity contribution is 5.96. The summed E-state index contributed by atoms with van der Waals surface area (Å²) in [4.78, 5) is 43.5. The van der Waals surface area contributed by atoms with Crippen LogP contribution in [-0.4, -0.2) is 69.6 Å². The van der Waals surface area contributed by atoms with Gasteiger partial charge >= 0.3 is 11.9 Å². The first-order chi connectivity index (χ1) is 21.4. The average Bonchev–Trinajstić information content (AvgIpc) is 3.69. The summed E-state index contributed by atoms with van der Waals surface area (Å²) in [7, 11) is 0. The van der Waals surface area contributed by atoms with Gasteiger partial charge in [0.25, 0.3) is 0 Å². The fourth-order valence-electron chi connectivity index (χ4n) is 6.35. The van der Waals surface area contributed by atoms with Gasteiger partial charge in [0.1, 0.15) is 18.7 Å². The molecule has 4 heterocycles. The van der Waals surface area contributed by atoms with Gasteiger partial charge in [-0.15, -0.1) is 0 Å². The van der Waals surface area contributed by atoms with Crippen molar-refractivity contribution in [1.29, 1.82) is 0 Å². The molecule has 2 fully saturated rings. The lowest BCUT2D eigenvalue weighted by molar-refractivity contribution is -0.134. The van der Waals surface area contributed by atoms with E-state index in [-0.39, 0.29) is 28.3 Å². The Labute approximate surface area is 256 Å². The number of hydrogen-bond acceptors (Lipinski definition) is 7. The Morgan fingerprint density at radius 2 is 1.84 bits per heavy atom. The van der Waals surface area contributed by atoms with Crippen LogP contribution in [0.5, 0.6) is 11.5 Å². The van der Waals surface area contributed by atoms with E-state index in [4.69, 9.17) is 4.74 Å². The van der Waals surface area contributed by atoms with E-state index in [1.165, 1.54) is 32.4 Å². The zero-order valence-electron chi connectivity index (χ0n) is 24.8. The zero-order chi connectivity index (χ0) is 31.9. The highest BCUT2D eigenvalue weighted by atomic mass is 19.4. The monoisotopic (exact) mass is 627 g/mol. The van der Waals surface area contributed by atoms with Gasteiger partial charge in [-0.3, -0.25) is 14.6 Å². The number of hydrogen-bond donors (Lipinski definition) is 2. The standard InChI is InChI=1S/C31H33F4N7O3/c1-19(2)28(43)42(17-31(33,34)35)24-12-21(32)4-6-25(24)45-26-13-36-18-37-27(26)41-10-8-30(16-41)7-9-40(15-30)14-20-3-5-22-23(11-20)39-29(44)38-22/h3-6,11-13,18-19H,7-10,14-17H2,1-2H3,(H2,38,39,44). The summed E-state index contributed by atoms with van der Waals surface area (Å²) < 4.78 is 61.0. The molecule has 2 aromatic heterocycles. The molecular weight excluding hydrogens is 594 g/mol. The number of H-pyrrole nitrogens is 2. The quantitative estimate of drug-likeness (QED) is 0.258. The fourth-order valence-corrected chi connectivity index (χ4v) is 6.35. The van der Waals surface area contributed by atoms with E-state index in [1.54, 1.807) is 0 Å². The maximum atomic E-state index is 14.3. The van der Waals surface area contributed by atoms with Crippen molar-refractivity contribution in [3.63, 3.8) is 0 Å². The highest BCUT2D eigenvalue weighted by Crippen LogP contribution is 2.44. The number of rotatable bonds is 8. The van der Waals surface area contributed by atoms with Crippen LogP contribution in [0.25, 0.3) is 11.0 Å². The predicted molar refractivity (Wildman–Crippen MR) is 160 cm³/mol. The van der Waals surface area contributed by atoms with Crippen molar-refractivity contribution >= 4 is 28.4 Å². The molecule has 0 aliphatic carbocycles. The maximum Gasteiger partial charge on any atom is 0.406 e. The number of anilines is 2. The number of carbonyl (C=O) groups excluding carboxylic acids is 1. The van der Waals surface area contributed by atoms with Gasteiger partial charge in [-0.1, -0.05) is 19.9 Å². The summed E-state index contributed by atoms with van der Waals surface area (Å²) in [5, 5.41) is 0. The number of nitrogens with one attached hydrogen (secondary N) is 2. The minimum Gasteiger partial charge on any atom is -0.450 e. The number of fused-ring (bicyclic) bond motifs is 1. The highest BCUT2D eigenvalue weighted by Gasteiger charge is 2.44. The van der Waals surface area contributed by atoms with Crippen LogP contribution in [0.15, 0.2) is 53.7 Å². The Bertz CT molecular complexity index is 1770. The first-order valence-electron chi connectivity index (χ1n) is 14.7. The Morgan fingerprint density at radius 1 is 1.07 bits per heavy atom. The van der Waals surface area contributed by atoms with Gasteiger partial charge in [0.15, 0.2) is 17.3 Å². The van der Waals surface area contributed by atoms with Crippen molar-refractivity contribution in [3.05, 3.63) is 70.8 Å². The van der Waals surface area contributed by atoms with Crippen LogP contribution in [0.3, 0.4) is 0 Å². The van der Waals surface area contributed by atoms with E-state index in [2.05, 4.69) is 29.7 Å². The summed E-state index contributed by atoms with van der Waals surface area (Å²) in [5.74, 6) is -1.86. The zero-order valence-corrected chi connectivity index (χ0v) is 24.8. The van der Waals surface area contributed by atoms with Crippen LogP contribution < -0.4 is 20.2 Å². The third-order valence-electron chi connectivity index (χ3n) is 8.43. The molecule has 2 N–H and O–H groups in total. The van der Waals surface area contributed by atoms with E-state index in [0.717, 1.165) is 61.2 Å².